The van der Waals surface area contributed by atoms with Gasteiger partial charge in [-0.3, -0.25) is 9.78 Å². The number of pyridine rings is 1. The molecule has 1 heterocycles. The summed E-state index contributed by atoms with van der Waals surface area (Å²) in [7, 11) is 0. The van der Waals surface area contributed by atoms with E-state index in [1.807, 2.05) is 6.92 Å². The number of rotatable bonds is 2. The number of nitrogens with zero attached hydrogens (tertiary/aromatic N) is 1. The van der Waals surface area contributed by atoms with Crippen LogP contribution in [0, 0.1) is 0 Å². The molecule has 0 aliphatic heterocycles. The summed E-state index contributed by atoms with van der Waals surface area (Å²) in [6.07, 6.45) is 3.09. The minimum Gasteiger partial charge on any atom is -0.366 e. The van der Waals surface area contributed by atoms with Crippen molar-refractivity contribution in [1.82, 2.24) is 4.98 Å². The molecule has 3 heteroatoms. The van der Waals surface area contributed by atoms with E-state index in [1.54, 1.807) is 12.3 Å². The Morgan fingerprint density at radius 3 is 2.58 bits per heavy atom. The van der Waals surface area contributed by atoms with Gasteiger partial charge in [0, 0.05) is 12.4 Å². The van der Waals surface area contributed by atoms with Crippen LogP contribution in [0.5, 0.6) is 0 Å². The summed E-state index contributed by atoms with van der Waals surface area (Å²) in [4.78, 5) is 14.6. The summed E-state index contributed by atoms with van der Waals surface area (Å²) in [5, 5.41) is 0. The van der Waals surface area contributed by atoms with Crippen molar-refractivity contribution < 1.29 is 4.79 Å². The van der Waals surface area contributed by atoms with Gasteiger partial charge in [-0.1, -0.05) is 6.58 Å². The van der Waals surface area contributed by atoms with Crippen LogP contribution in [-0.4, -0.2) is 10.9 Å². The number of amides is 1. The fourth-order valence-electron chi connectivity index (χ4n) is 0.808. The largest absolute Gasteiger partial charge is 0.366 e. The number of hydrogen-bond acceptors (Lipinski definition) is 2. The molecule has 0 aliphatic carbocycles. The van der Waals surface area contributed by atoms with Gasteiger partial charge in [-0.25, -0.2) is 0 Å². The summed E-state index contributed by atoms with van der Waals surface area (Å²) >= 11 is 0. The number of allylic oxidation sites excluding steroid dienone is 1. The van der Waals surface area contributed by atoms with Crippen molar-refractivity contribution in [2.45, 2.75) is 6.92 Å². The molecule has 0 spiro atoms. The maximum absolute atomic E-state index is 10.7. The number of carbonyl (C=O) groups excluding carboxylic acids is 1. The van der Waals surface area contributed by atoms with Crippen molar-refractivity contribution in [3.05, 3.63) is 36.2 Å². The second-order valence-electron chi connectivity index (χ2n) is 2.61. The lowest BCUT2D eigenvalue weighted by atomic mass is 10.1. The van der Waals surface area contributed by atoms with Gasteiger partial charge in [0.25, 0.3) is 0 Å². The van der Waals surface area contributed by atoms with Crippen LogP contribution >= 0.6 is 0 Å². The normalized spacial score (nSPS) is 9.42. The van der Waals surface area contributed by atoms with Crippen molar-refractivity contribution in [3.63, 3.8) is 0 Å². The van der Waals surface area contributed by atoms with Crippen molar-refractivity contribution in [1.29, 1.82) is 0 Å². The average Bonchev–Trinajstić information content (AvgIpc) is 2.04. The van der Waals surface area contributed by atoms with Gasteiger partial charge >= 0.3 is 0 Å². The van der Waals surface area contributed by atoms with E-state index in [1.165, 1.54) is 6.20 Å². The molecule has 1 aromatic heterocycles. The predicted molar refractivity (Wildman–Crippen MR) is 47.5 cm³/mol. The lowest BCUT2D eigenvalue weighted by Gasteiger charge is -1.99. The van der Waals surface area contributed by atoms with Crippen LogP contribution in [0.1, 0.15) is 22.8 Å². The Bertz CT molecular complexity index is 302. The van der Waals surface area contributed by atoms with Crippen LogP contribution in [0.15, 0.2) is 25.0 Å². The van der Waals surface area contributed by atoms with E-state index in [2.05, 4.69) is 11.6 Å². The lowest BCUT2D eigenvalue weighted by molar-refractivity contribution is 0.1000. The summed E-state index contributed by atoms with van der Waals surface area (Å²) in [5.41, 5.74) is 7.19. The molecule has 3 nitrogen and oxygen atoms in total. The SMILES string of the molecule is C=C(C)c1cncc(C(N)=O)c1. The highest BCUT2D eigenvalue weighted by Crippen LogP contribution is 2.10. The second kappa shape index (κ2) is 3.17. The molecule has 0 fully saturated rings. The van der Waals surface area contributed by atoms with Gasteiger partial charge in [0.15, 0.2) is 0 Å². The van der Waals surface area contributed by atoms with Crippen LogP contribution in [0.4, 0.5) is 0 Å². The van der Waals surface area contributed by atoms with Gasteiger partial charge in [-0.05, 0) is 24.1 Å². The highest BCUT2D eigenvalue weighted by molar-refractivity contribution is 5.93. The van der Waals surface area contributed by atoms with Crippen LogP contribution in [0.25, 0.3) is 5.57 Å². The summed E-state index contributed by atoms with van der Waals surface area (Å²) < 4.78 is 0. The summed E-state index contributed by atoms with van der Waals surface area (Å²) in [6, 6.07) is 1.68. The van der Waals surface area contributed by atoms with Gasteiger partial charge < -0.3 is 5.73 Å². The molecule has 62 valence electrons. The molecule has 12 heavy (non-hydrogen) atoms. The predicted octanol–water partition coefficient (Wildman–Crippen LogP) is 1.21. The van der Waals surface area contributed by atoms with Crippen LogP contribution in [0.3, 0.4) is 0 Å². The number of primary amides is 1. The molecule has 2 N–H and O–H groups in total. The monoisotopic (exact) mass is 162 g/mol. The number of carbonyl (C=O) groups is 1. The molecule has 1 amide bonds. The third-order valence-corrected chi connectivity index (χ3v) is 1.52. The number of nitrogens with two attached hydrogens (primary N) is 1. The van der Waals surface area contributed by atoms with E-state index in [-0.39, 0.29) is 0 Å². The molecule has 0 saturated carbocycles. The summed E-state index contributed by atoms with van der Waals surface area (Å²) in [6.45, 7) is 5.58. The minimum atomic E-state index is -0.467. The van der Waals surface area contributed by atoms with E-state index in [9.17, 15) is 4.79 Å². The molecule has 0 radical (unpaired) electrons. The van der Waals surface area contributed by atoms with Gasteiger partial charge in [-0.2, -0.15) is 0 Å². The number of aromatic nitrogens is 1. The number of hydrogen-bond donors (Lipinski definition) is 1. The molecule has 1 aromatic rings. The van der Waals surface area contributed by atoms with Crippen molar-refractivity contribution in [2.75, 3.05) is 0 Å². The van der Waals surface area contributed by atoms with E-state index in [0.717, 1.165) is 11.1 Å². The average molecular weight is 162 g/mol. The van der Waals surface area contributed by atoms with Crippen LogP contribution in [-0.2, 0) is 0 Å². The van der Waals surface area contributed by atoms with E-state index < -0.39 is 5.91 Å². The molecular formula is C9H10N2O. The maximum atomic E-state index is 10.7. The molecular weight excluding hydrogens is 152 g/mol. The first-order valence-electron chi connectivity index (χ1n) is 3.52. The zero-order valence-electron chi connectivity index (χ0n) is 6.87. The first-order valence-corrected chi connectivity index (χ1v) is 3.52. The fraction of sp³-hybridized carbons (Fsp3) is 0.111. The zero-order valence-corrected chi connectivity index (χ0v) is 6.87. The van der Waals surface area contributed by atoms with Gasteiger partial charge in [0.1, 0.15) is 0 Å². The Morgan fingerprint density at radius 1 is 1.50 bits per heavy atom. The maximum Gasteiger partial charge on any atom is 0.250 e. The smallest absolute Gasteiger partial charge is 0.250 e. The van der Waals surface area contributed by atoms with Crippen molar-refractivity contribution in [2.24, 2.45) is 5.73 Å². The molecule has 0 aromatic carbocycles. The quantitative estimate of drug-likeness (QED) is 0.710. The first-order chi connectivity index (χ1) is 5.61. The highest BCUT2D eigenvalue weighted by atomic mass is 16.1. The molecule has 0 saturated heterocycles. The van der Waals surface area contributed by atoms with Gasteiger partial charge in [-0.15, -0.1) is 0 Å². The Balaban J connectivity index is 3.12. The molecule has 0 bridgehead atoms. The van der Waals surface area contributed by atoms with Gasteiger partial charge in [0.2, 0.25) is 5.91 Å². The minimum absolute atomic E-state index is 0.413. The lowest BCUT2D eigenvalue weighted by Crippen LogP contribution is -2.11. The highest BCUT2D eigenvalue weighted by Gasteiger charge is 2.01. The van der Waals surface area contributed by atoms with Crippen molar-refractivity contribution in [3.8, 4) is 0 Å². The third kappa shape index (κ3) is 1.69. The van der Waals surface area contributed by atoms with E-state index in [4.69, 9.17) is 5.73 Å². The van der Waals surface area contributed by atoms with Crippen LogP contribution < -0.4 is 5.73 Å². The topological polar surface area (TPSA) is 56.0 Å². The molecule has 1 rings (SSSR count). The second-order valence-corrected chi connectivity index (χ2v) is 2.61. The van der Waals surface area contributed by atoms with E-state index >= 15 is 0 Å². The molecule has 0 unspecified atom stereocenters. The fourth-order valence-corrected chi connectivity index (χ4v) is 0.808. The first kappa shape index (κ1) is 8.46. The summed E-state index contributed by atoms with van der Waals surface area (Å²) in [5.74, 6) is -0.467. The Morgan fingerprint density at radius 2 is 2.08 bits per heavy atom. The Labute approximate surface area is 70.9 Å². The van der Waals surface area contributed by atoms with Crippen LogP contribution in [0.2, 0.25) is 0 Å². The van der Waals surface area contributed by atoms with E-state index in [0.29, 0.717) is 5.56 Å². The third-order valence-electron chi connectivity index (χ3n) is 1.52. The standard InChI is InChI=1S/C9H10N2O/c1-6(2)7-3-8(9(10)12)5-11-4-7/h3-5H,1H2,2H3,(H2,10,12). The molecule has 0 atom stereocenters. The Hall–Kier alpha value is -1.64. The molecule has 0 aliphatic rings. The van der Waals surface area contributed by atoms with Gasteiger partial charge in [0.05, 0.1) is 5.56 Å². The van der Waals surface area contributed by atoms with Crippen molar-refractivity contribution >= 4 is 11.5 Å². The Kier molecular flexibility index (Phi) is 2.24. The zero-order chi connectivity index (χ0) is 9.14.